The van der Waals surface area contributed by atoms with Crippen LogP contribution in [0.15, 0.2) is 0 Å². The number of carbonyl (C=O) groups is 2. The number of aliphatic hydroxyl groups is 3. The van der Waals surface area contributed by atoms with Crippen molar-refractivity contribution in [3.8, 4) is 0 Å². The Morgan fingerprint density at radius 3 is 1.98 bits per heavy atom. The summed E-state index contributed by atoms with van der Waals surface area (Å²) in [6.45, 7) is 9.52. The van der Waals surface area contributed by atoms with Crippen molar-refractivity contribution in [2.24, 2.45) is 0 Å². The summed E-state index contributed by atoms with van der Waals surface area (Å²) in [5.41, 5.74) is 0. The van der Waals surface area contributed by atoms with E-state index in [9.17, 15) is 19.8 Å². The fraction of sp³-hybridized carbons (Fsp3) is 0.939. The molecule has 7 N–H and O–H groups in total. The molecule has 0 aliphatic carbocycles. The first-order chi connectivity index (χ1) is 22.0. The number of ether oxygens (including phenoxy) is 3. The monoisotopic (exact) mass is 652 g/mol. The summed E-state index contributed by atoms with van der Waals surface area (Å²) < 4.78 is 16.4. The van der Waals surface area contributed by atoms with Crippen LogP contribution in [0.25, 0.3) is 0 Å². The zero-order valence-electron chi connectivity index (χ0n) is 28.5. The maximum Gasteiger partial charge on any atom is 0.303 e. The van der Waals surface area contributed by atoms with Crippen LogP contribution in [0, 0.1) is 0 Å². The Bertz CT molecular complexity index is 606. The molecule has 0 radical (unpaired) electrons. The molecule has 12 heteroatoms. The van der Waals surface area contributed by atoms with Crippen LogP contribution < -0.4 is 16.0 Å². The van der Waals surface area contributed by atoms with Crippen molar-refractivity contribution >= 4 is 12.4 Å². The van der Waals surface area contributed by atoms with Gasteiger partial charge in [0.1, 0.15) is 12.2 Å². The molecule has 0 aromatic carbocycles. The van der Waals surface area contributed by atoms with Crippen LogP contribution in [-0.4, -0.2) is 124 Å². The van der Waals surface area contributed by atoms with E-state index in [4.69, 9.17) is 24.4 Å². The number of carboxylic acids is 1. The molecule has 1 fully saturated rings. The molecule has 0 aromatic rings. The van der Waals surface area contributed by atoms with E-state index in [1.54, 1.807) is 0 Å². The number of nitrogens with one attached hydrogen (secondary N) is 3. The van der Waals surface area contributed by atoms with Crippen molar-refractivity contribution in [2.45, 2.75) is 128 Å². The van der Waals surface area contributed by atoms with Gasteiger partial charge in [-0.05, 0) is 71.1 Å². The zero-order valence-corrected chi connectivity index (χ0v) is 28.5. The van der Waals surface area contributed by atoms with Crippen molar-refractivity contribution in [3.05, 3.63) is 0 Å². The Labute approximate surface area is 273 Å². The molecule has 45 heavy (non-hydrogen) atoms. The molecule has 1 rings (SSSR count). The molecule has 1 saturated heterocycles. The number of hydrogen-bond donors (Lipinski definition) is 7. The molecular formula is C33H69N3O9. The van der Waals surface area contributed by atoms with Crippen molar-refractivity contribution in [1.82, 2.24) is 16.0 Å². The number of hydrogen-bond acceptors (Lipinski definition) is 10. The Morgan fingerprint density at radius 2 is 1.33 bits per heavy atom. The number of aliphatic hydroxyl groups excluding tert-OH is 3. The predicted molar refractivity (Wildman–Crippen MR) is 179 cm³/mol. The van der Waals surface area contributed by atoms with Gasteiger partial charge in [-0.2, -0.15) is 0 Å². The standard InChI is InChI=1S/C20H41N3O6.C12H24O2.CH4O/c24-17-23-11-15-27-13-5-10-22-9-4-8-21-7-2-1-3-12-28-16-19-20(26)18(25)6-14-29-19;1-2-3-4-5-6-7-8-9-10-11-12(13)14;1-2/h17-22,25-26H,1-16H2,(H,23,24);2-11H2,1H3,(H,13,14);2H,1H3. The number of carboxylic acid groups (broad SMARTS) is 1. The second-order valence-electron chi connectivity index (χ2n) is 11.3. The molecular weight excluding hydrogens is 582 g/mol. The minimum absolute atomic E-state index is 0.340. The second-order valence-corrected chi connectivity index (χ2v) is 11.3. The molecule has 12 nitrogen and oxygen atoms in total. The van der Waals surface area contributed by atoms with E-state index in [0.29, 0.717) is 58.8 Å². The van der Waals surface area contributed by atoms with Gasteiger partial charge in [0.05, 0.1) is 19.3 Å². The second kappa shape index (κ2) is 38.8. The summed E-state index contributed by atoms with van der Waals surface area (Å²) in [5.74, 6) is -0.659. The van der Waals surface area contributed by atoms with Crippen LogP contribution in [0.1, 0.15) is 110 Å². The molecule has 1 aliphatic rings. The first kappa shape index (κ1) is 45.7. The van der Waals surface area contributed by atoms with Crippen LogP contribution in [0.3, 0.4) is 0 Å². The van der Waals surface area contributed by atoms with E-state index in [0.717, 1.165) is 78.2 Å². The van der Waals surface area contributed by atoms with E-state index in [-0.39, 0.29) is 0 Å². The smallest absolute Gasteiger partial charge is 0.303 e. The van der Waals surface area contributed by atoms with Crippen molar-refractivity contribution < 1.29 is 44.2 Å². The van der Waals surface area contributed by atoms with Gasteiger partial charge >= 0.3 is 5.97 Å². The molecule has 0 saturated carbocycles. The van der Waals surface area contributed by atoms with Crippen LogP contribution in [0.4, 0.5) is 0 Å². The molecule has 0 aromatic heterocycles. The largest absolute Gasteiger partial charge is 0.481 e. The number of amides is 1. The molecule has 270 valence electrons. The van der Waals surface area contributed by atoms with Gasteiger partial charge in [-0.15, -0.1) is 0 Å². The lowest BCUT2D eigenvalue weighted by Crippen LogP contribution is -2.46. The Kier molecular flexibility index (Phi) is 39.4. The van der Waals surface area contributed by atoms with Gasteiger partial charge in [0.2, 0.25) is 6.41 Å². The zero-order chi connectivity index (χ0) is 33.6. The average Bonchev–Trinajstić information content (AvgIpc) is 3.04. The first-order valence-corrected chi connectivity index (χ1v) is 17.4. The summed E-state index contributed by atoms with van der Waals surface area (Å²) >= 11 is 0. The normalized spacial score (nSPS) is 17.5. The van der Waals surface area contributed by atoms with E-state index in [2.05, 4.69) is 22.9 Å². The highest BCUT2D eigenvalue weighted by Gasteiger charge is 2.31. The minimum Gasteiger partial charge on any atom is -0.481 e. The Morgan fingerprint density at radius 1 is 0.756 bits per heavy atom. The molecule has 3 unspecified atom stereocenters. The summed E-state index contributed by atoms with van der Waals surface area (Å²) in [6.07, 6.45) is 16.0. The fourth-order valence-electron chi connectivity index (χ4n) is 4.60. The summed E-state index contributed by atoms with van der Waals surface area (Å²) in [7, 11) is 1.00. The number of rotatable bonds is 30. The summed E-state index contributed by atoms with van der Waals surface area (Å²) in [4.78, 5) is 20.2. The average molecular weight is 652 g/mol. The fourth-order valence-corrected chi connectivity index (χ4v) is 4.60. The van der Waals surface area contributed by atoms with Crippen LogP contribution in [0.2, 0.25) is 0 Å². The Hall–Kier alpha value is -1.38. The van der Waals surface area contributed by atoms with E-state index in [1.165, 1.54) is 44.9 Å². The maximum absolute atomic E-state index is 10.2. The third-order valence-electron chi connectivity index (χ3n) is 7.26. The van der Waals surface area contributed by atoms with E-state index in [1.807, 2.05) is 0 Å². The first-order valence-electron chi connectivity index (χ1n) is 17.4. The SMILES string of the molecule is CCCCCCCCCCCC(=O)O.CO.O=CNCCOCCCNCCCNCCCCCOCC1OCCC(O)C1O. The van der Waals surface area contributed by atoms with E-state index < -0.39 is 24.3 Å². The van der Waals surface area contributed by atoms with Gasteiger partial charge in [0.25, 0.3) is 0 Å². The van der Waals surface area contributed by atoms with Crippen molar-refractivity contribution in [2.75, 3.05) is 72.9 Å². The molecule has 1 heterocycles. The molecule has 3 atom stereocenters. The third-order valence-corrected chi connectivity index (χ3v) is 7.26. The quantitative estimate of drug-likeness (QED) is 0.0449. The number of carbonyl (C=O) groups excluding carboxylic acids is 1. The highest BCUT2D eigenvalue weighted by Crippen LogP contribution is 2.15. The lowest BCUT2D eigenvalue weighted by Gasteiger charge is -2.31. The number of aliphatic carboxylic acids is 1. The van der Waals surface area contributed by atoms with Crippen molar-refractivity contribution in [3.63, 3.8) is 0 Å². The van der Waals surface area contributed by atoms with Crippen LogP contribution in [0.5, 0.6) is 0 Å². The predicted octanol–water partition coefficient (Wildman–Crippen LogP) is 3.01. The highest BCUT2D eigenvalue weighted by atomic mass is 16.5. The molecule has 0 bridgehead atoms. The van der Waals surface area contributed by atoms with Crippen LogP contribution in [-0.2, 0) is 23.8 Å². The lowest BCUT2D eigenvalue weighted by atomic mass is 10.0. The molecule has 1 amide bonds. The van der Waals surface area contributed by atoms with Gasteiger partial charge in [0.15, 0.2) is 0 Å². The summed E-state index contributed by atoms with van der Waals surface area (Å²) in [5, 5.41) is 44.2. The number of unbranched alkanes of at least 4 members (excludes halogenated alkanes) is 10. The van der Waals surface area contributed by atoms with Crippen LogP contribution >= 0.6 is 0 Å². The van der Waals surface area contributed by atoms with Gasteiger partial charge in [-0.3, -0.25) is 9.59 Å². The lowest BCUT2D eigenvalue weighted by molar-refractivity contribution is -0.154. The third kappa shape index (κ3) is 35.3. The maximum atomic E-state index is 10.2. The molecule has 0 spiro atoms. The van der Waals surface area contributed by atoms with Gasteiger partial charge < -0.3 is 50.6 Å². The minimum atomic E-state index is -0.840. The van der Waals surface area contributed by atoms with Crippen molar-refractivity contribution in [1.29, 1.82) is 0 Å². The van der Waals surface area contributed by atoms with E-state index >= 15 is 0 Å². The Balaban J connectivity index is 0. The summed E-state index contributed by atoms with van der Waals surface area (Å²) in [6, 6.07) is 0. The highest BCUT2D eigenvalue weighted by molar-refractivity contribution is 5.66. The topological polar surface area (TPSA) is 179 Å². The van der Waals surface area contributed by atoms with Gasteiger partial charge in [-0.25, -0.2) is 0 Å². The molecule has 1 aliphatic heterocycles. The van der Waals surface area contributed by atoms with Gasteiger partial charge in [0, 0.05) is 39.9 Å². The van der Waals surface area contributed by atoms with Gasteiger partial charge in [-0.1, -0.05) is 58.3 Å².